The molecule has 0 spiro atoms. The zero-order valence-electron chi connectivity index (χ0n) is 28.9. The number of anilines is 3. The Morgan fingerprint density at radius 1 is 0.500 bits per heavy atom. The summed E-state index contributed by atoms with van der Waals surface area (Å²) in [6.45, 7) is 5.08. The zero-order chi connectivity index (χ0) is 34.6. The fraction of sp³-hybridized carbons (Fsp3) is 0.0417. The van der Waals surface area contributed by atoms with Gasteiger partial charge in [0.2, 0.25) is 0 Å². The Bertz CT molecular complexity index is 3050. The van der Waals surface area contributed by atoms with Crippen LogP contribution in [0.1, 0.15) is 0 Å². The minimum absolute atomic E-state index is 0.898. The number of hydrogen-bond donors (Lipinski definition) is 0. The van der Waals surface area contributed by atoms with Crippen molar-refractivity contribution in [1.82, 2.24) is 0 Å². The summed E-state index contributed by atoms with van der Waals surface area (Å²) in [7, 11) is -2.19. The van der Waals surface area contributed by atoms with Crippen LogP contribution in [0.4, 0.5) is 17.1 Å². The van der Waals surface area contributed by atoms with Gasteiger partial charge in [-0.1, -0.05) is 128 Å². The van der Waals surface area contributed by atoms with Crippen LogP contribution in [0.2, 0.25) is 13.1 Å². The Balaban J connectivity index is 1.19. The van der Waals surface area contributed by atoms with Crippen molar-refractivity contribution in [3.8, 4) is 22.3 Å². The summed E-state index contributed by atoms with van der Waals surface area (Å²) < 4.78 is 9.19. The summed E-state index contributed by atoms with van der Waals surface area (Å²) in [4.78, 5) is 2.51. The van der Waals surface area contributed by atoms with E-state index >= 15 is 0 Å². The third-order valence-corrected chi connectivity index (χ3v) is 15.9. The van der Waals surface area contributed by atoms with Crippen LogP contribution in [0.25, 0.3) is 75.1 Å². The maximum atomic E-state index is 6.48. The zero-order valence-corrected chi connectivity index (χ0v) is 30.7. The smallest absolute Gasteiger partial charge is 0.137 e. The molecule has 52 heavy (non-hydrogen) atoms. The number of benzene rings is 8. The Labute approximate surface area is 306 Å². The molecule has 2 nitrogen and oxygen atoms in total. The third kappa shape index (κ3) is 4.16. The minimum Gasteiger partial charge on any atom is -0.456 e. The lowest BCUT2D eigenvalue weighted by Gasteiger charge is -2.32. The fourth-order valence-electron chi connectivity index (χ4n) is 8.96. The normalized spacial score (nSPS) is 13.3. The molecule has 0 saturated heterocycles. The lowest BCUT2D eigenvalue weighted by Crippen LogP contribution is -2.50. The molecule has 0 N–H and O–H groups in total. The highest BCUT2D eigenvalue weighted by atomic mass is 32.1. The van der Waals surface area contributed by atoms with Crippen molar-refractivity contribution in [2.45, 2.75) is 13.1 Å². The van der Waals surface area contributed by atoms with Gasteiger partial charge in [-0.15, -0.1) is 11.3 Å². The molecule has 0 amide bonds. The Morgan fingerprint density at radius 3 is 2.06 bits per heavy atom. The SMILES string of the molecule is C[Si]1(C)c2ccc3sc4ccccc4c3c2-c2cccc(N(c3ccc(-c4cccc5ccccc45)cc3)c3cccc4oc5ccccc5c34)c21. The molecule has 246 valence electrons. The topological polar surface area (TPSA) is 16.4 Å². The summed E-state index contributed by atoms with van der Waals surface area (Å²) in [5.74, 6) is 0. The molecule has 1 aliphatic heterocycles. The van der Waals surface area contributed by atoms with Crippen LogP contribution in [-0.2, 0) is 0 Å². The molecule has 0 bridgehead atoms. The van der Waals surface area contributed by atoms with Crippen LogP contribution in [0.5, 0.6) is 0 Å². The monoisotopic (exact) mass is 699 g/mol. The van der Waals surface area contributed by atoms with E-state index < -0.39 is 8.07 Å². The highest BCUT2D eigenvalue weighted by Gasteiger charge is 2.42. The second-order valence-corrected chi connectivity index (χ2v) is 19.8. The van der Waals surface area contributed by atoms with Gasteiger partial charge in [0.25, 0.3) is 0 Å². The van der Waals surface area contributed by atoms with E-state index in [1.807, 2.05) is 11.3 Å². The third-order valence-electron chi connectivity index (χ3n) is 11.2. The molecule has 2 aromatic heterocycles. The number of fused-ring (bicyclic) bond motifs is 11. The summed E-state index contributed by atoms with van der Waals surface area (Å²) >= 11 is 1.90. The molecule has 0 fully saturated rings. The van der Waals surface area contributed by atoms with Crippen LogP contribution < -0.4 is 15.3 Å². The Hall–Kier alpha value is -5.94. The van der Waals surface area contributed by atoms with Gasteiger partial charge in [-0.3, -0.25) is 0 Å². The number of thiophene rings is 1. The number of para-hydroxylation sites is 1. The van der Waals surface area contributed by atoms with E-state index in [4.69, 9.17) is 4.42 Å². The first-order valence-corrected chi connectivity index (χ1v) is 21.7. The predicted molar refractivity (Wildman–Crippen MR) is 226 cm³/mol. The van der Waals surface area contributed by atoms with E-state index in [0.29, 0.717) is 0 Å². The van der Waals surface area contributed by atoms with Crippen LogP contribution in [0, 0.1) is 0 Å². The van der Waals surface area contributed by atoms with Crippen molar-refractivity contribution in [2.75, 3.05) is 4.90 Å². The van der Waals surface area contributed by atoms with Gasteiger partial charge in [-0.2, -0.15) is 0 Å². The Morgan fingerprint density at radius 2 is 1.17 bits per heavy atom. The van der Waals surface area contributed by atoms with Gasteiger partial charge in [-0.05, 0) is 91.9 Å². The van der Waals surface area contributed by atoms with Gasteiger partial charge in [0.15, 0.2) is 0 Å². The quantitative estimate of drug-likeness (QED) is 0.170. The lowest BCUT2D eigenvalue weighted by atomic mass is 9.97. The average Bonchev–Trinajstić information content (AvgIpc) is 3.83. The largest absolute Gasteiger partial charge is 0.456 e. The molecule has 10 aromatic rings. The second-order valence-electron chi connectivity index (χ2n) is 14.4. The molecule has 0 aliphatic carbocycles. The van der Waals surface area contributed by atoms with E-state index in [9.17, 15) is 0 Å². The molecule has 3 heterocycles. The standard InChI is InChI=1S/C48H33NOSSi/c1-52(2)44-29-28-43-46(36-16-6-8-23-42(36)51-43)47(44)37-18-10-20-39(48(37)52)49(38-19-11-22-41-45(38)35-15-5-7-21-40(35)50-41)32-26-24-31(25-27-32)34-17-9-13-30-12-3-4-14-33(30)34/h3-29H,1-2H3. The van der Waals surface area contributed by atoms with Gasteiger partial charge >= 0.3 is 0 Å². The summed E-state index contributed by atoms with van der Waals surface area (Å²) in [6, 6.07) is 60.1. The molecular weight excluding hydrogens is 667 g/mol. The van der Waals surface area contributed by atoms with Gasteiger partial charge in [0, 0.05) is 36.9 Å². The number of nitrogens with zero attached hydrogens (tertiary/aromatic N) is 1. The van der Waals surface area contributed by atoms with Crippen molar-refractivity contribution in [3.05, 3.63) is 164 Å². The van der Waals surface area contributed by atoms with E-state index in [-0.39, 0.29) is 0 Å². The van der Waals surface area contributed by atoms with Gasteiger partial charge in [0.05, 0.1) is 11.1 Å². The molecular formula is C48H33NOSSi. The number of rotatable bonds is 4. The highest BCUT2D eigenvalue weighted by molar-refractivity contribution is 7.26. The maximum absolute atomic E-state index is 6.48. The van der Waals surface area contributed by atoms with Crippen molar-refractivity contribution < 1.29 is 4.42 Å². The van der Waals surface area contributed by atoms with E-state index in [0.717, 1.165) is 33.3 Å². The van der Waals surface area contributed by atoms with Crippen molar-refractivity contribution in [1.29, 1.82) is 0 Å². The molecule has 1 aliphatic rings. The highest BCUT2D eigenvalue weighted by Crippen LogP contribution is 2.47. The van der Waals surface area contributed by atoms with E-state index in [1.54, 1.807) is 0 Å². The Kier molecular flexibility index (Phi) is 6.31. The molecule has 0 atom stereocenters. The molecule has 0 saturated carbocycles. The summed E-state index contributed by atoms with van der Waals surface area (Å²) in [5, 5.41) is 10.5. The molecule has 0 unspecified atom stereocenters. The first-order chi connectivity index (χ1) is 25.6. The van der Waals surface area contributed by atoms with E-state index in [1.165, 1.54) is 69.3 Å². The van der Waals surface area contributed by atoms with Crippen LogP contribution in [0.15, 0.2) is 168 Å². The molecule has 11 rings (SSSR count). The second kappa shape index (κ2) is 11.0. The lowest BCUT2D eigenvalue weighted by molar-refractivity contribution is 0.669. The minimum atomic E-state index is -2.19. The molecule has 8 aromatic carbocycles. The van der Waals surface area contributed by atoms with Crippen molar-refractivity contribution in [2.24, 2.45) is 0 Å². The van der Waals surface area contributed by atoms with Crippen molar-refractivity contribution in [3.63, 3.8) is 0 Å². The fourth-order valence-corrected chi connectivity index (χ4v) is 13.4. The first kappa shape index (κ1) is 29.8. The molecule has 0 radical (unpaired) electrons. The van der Waals surface area contributed by atoms with Crippen LogP contribution >= 0.6 is 11.3 Å². The maximum Gasteiger partial charge on any atom is 0.137 e. The molecule has 4 heteroatoms. The first-order valence-electron chi connectivity index (χ1n) is 17.9. The van der Waals surface area contributed by atoms with Gasteiger partial charge < -0.3 is 9.32 Å². The van der Waals surface area contributed by atoms with Gasteiger partial charge in [0.1, 0.15) is 19.2 Å². The van der Waals surface area contributed by atoms with Crippen molar-refractivity contribution >= 4 is 99.7 Å². The number of furan rings is 1. The number of hydrogen-bond acceptors (Lipinski definition) is 3. The summed E-state index contributed by atoms with van der Waals surface area (Å²) in [5.41, 5.74) is 10.6. The van der Waals surface area contributed by atoms with Gasteiger partial charge in [-0.25, -0.2) is 0 Å². The van der Waals surface area contributed by atoms with Crippen LogP contribution in [-0.4, -0.2) is 8.07 Å². The van der Waals surface area contributed by atoms with Crippen LogP contribution in [0.3, 0.4) is 0 Å². The predicted octanol–water partition coefficient (Wildman–Crippen LogP) is 13.0. The van der Waals surface area contributed by atoms with E-state index in [2.05, 4.69) is 182 Å². The average molecular weight is 700 g/mol. The summed E-state index contributed by atoms with van der Waals surface area (Å²) in [6.07, 6.45) is 0.